The highest BCUT2D eigenvalue weighted by Crippen LogP contribution is 2.16. The van der Waals surface area contributed by atoms with Crippen LogP contribution in [0.1, 0.15) is 6.92 Å². The zero-order valence-corrected chi connectivity index (χ0v) is 12.5. The molecule has 1 N–H and O–H groups in total. The van der Waals surface area contributed by atoms with Gasteiger partial charge in [-0.25, -0.2) is 0 Å². The Morgan fingerprint density at radius 3 is 2.48 bits per heavy atom. The van der Waals surface area contributed by atoms with Gasteiger partial charge < -0.3 is 19.9 Å². The highest BCUT2D eigenvalue weighted by molar-refractivity contribution is 5.81. The van der Waals surface area contributed by atoms with Gasteiger partial charge in [0.25, 0.3) is 0 Å². The average Bonchev–Trinajstić information content (AvgIpc) is 2.53. The molecule has 0 atom stereocenters. The predicted octanol–water partition coefficient (Wildman–Crippen LogP) is 0.798. The van der Waals surface area contributed by atoms with E-state index in [0.29, 0.717) is 26.2 Å². The lowest BCUT2D eigenvalue weighted by Crippen LogP contribution is -2.51. The Morgan fingerprint density at radius 1 is 1.19 bits per heavy atom. The fourth-order valence-corrected chi connectivity index (χ4v) is 2.29. The van der Waals surface area contributed by atoms with Gasteiger partial charge in [-0.3, -0.25) is 9.59 Å². The molecule has 0 saturated carbocycles. The number of ether oxygens (including phenoxy) is 1. The highest BCUT2D eigenvalue weighted by Gasteiger charge is 2.21. The van der Waals surface area contributed by atoms with Crippen molar-refractivity contribution >= 4 is 17.5 Å². The normalized spacial score (nSPS) is 14.8. The molecule has 0 aliphatic carbocycles. The van der Waals surface area contributed by atoms with E-state index in [1.807, 2.05) is 24.3 Å². The van der Waals surface area contributed by atoms with Crippen molar-refractivity contribution in [3.05, 3.63) is 24.3 Å². The quantitative estimate of drug-likeness (QED) is 0.891. The largest absolute Gasteiger partial charge is 0.497 e. The van der Waals surface area contributed by atoms with E-state index in [-0.39, 0.29) is 18.4 Å². The lowest BCUT2D eigenvalue weighted by molar-refractivity contribution is -0.137. The van der Waals surface area contributed by atoms with E-state index >= 15 is 0 Å². The number of amides is 2. The average molecular weight is 291 g/mol. The van der Waals surface area contributed by atoms with Gasteiger partial charge in [-0.1, -0.05) is 6.07 Å². The Labute approximate surface area is 124 Å². The molecular formula is C15H21N3O3. The number of benzene rings is 1. The first kappa shape index (κ1) is 15.2. The molecule has 114 valence electrons. The number of hydrogen-bond donors (Lipinski definition) is 1. The minimum Gasteiger partial charge on any atom is -0.497 e. The van der Waals surface area contributed by atoms with E-state index in [2.05, 4.69) is 5.32 Å². The molecule has 1 heterocycles. The van der Waals surface area contributed by atoms with Crippen LogP contribution >= 0.6 is 0 Å². The molecular weight excluding hydrogens is 270 g/mol. The van der Waals surface area contributed by atoms with E-state index in [4.69, 9.17) is 4.74 Å². The Morgan fingerprint density at radius 2 is 1.86 bits per heavy atom. The molecule has 1 saturated heterocycles. The Bertz CT molecular complexity index is 511. The minimum atomic E-state index is 0.0426. The summed E-state index contributed by atoms with van der Waals surface area (Å²) in [6, 6.07) is 7.47. The van der Waals surface area contributed by atoms with Crippen molar-refractivity contribution in [3.63, 3.8) is 0 Å². The van der Waals surface area contributed by atoms with Crippen molar-refractivity contribution in [2.24, 2.45) is 0 Å². The third-order valence-electron chi connectivity index (χ3n) is 3.59. The van der Waals surface area contributed by atoms with Crippen molar-refractivity contribution in [2.45, 2.75) is 6.92 Å². The second-order valence-electron chi connectivity index (χ2n) is 4.97. The van der Waals surface area contributed by atoms with Gasteiger partial charge in [0.15, 0.2) is 0 Å². The van der Waals surface area contributed by atoms with Crippen molar-refractivity contribution in [2.75, 3.05) is 45.2 Å². The van der Waals surface area contributed by atoms with Crippen LogP contribution in [0.25, 0.3) is 0 Å². The minimum absolute atomic E-state index is 0.0426. The summed E-state index contributed by atoms with van der Waals surface area (Å²) in [4.78, 5) is 26.9. The summed E-state index contributed by atoms with van der Waals surface area (Å²) in [6.07, 6.45) is 0. The van der Waals surface area contributed by atoms with Crippen LogP contribution in [-0.4, -0.2) is 61.4 Å². The highest BCUT2D eigenvalue weighted by atomic mass is 16.5. The number of hydrogen-bond acceptors (Lipinski definition) is 4. The smallest absolute Gasteiger partial charge is 0.241 e. The fourth-order valence-electron chi connectivity index (χ4n) is 2.29. The molecule has 0 aromatic heterocycles. The fraction of sp³-hybridized carbons (Fsp3) is 0.467. The number of carbonyl (C=O) groups is 2. The number of nitrogens with one attached hydrogen (secondary N) is 1. The van der Waals surface area contributed by atoms with Crippen LogP contribution < -0.4 is 10.1 Å². The Hall–Kier alpha value is -2.24. The third kappa shape index (κ3) is 4.11. The maximum absolute atomic E-state index is 12.1. The summed E-state index contributed by atoms with van der Waals surface area (Å²) in [5.74, 6) is 0.861. The topological polar surface area (TPSA) is 61.9 Å². The third-order valence-corrected chi connectivity index (χ3v) is 3.59. The van der Waals surface area contributed by atoms with Gasteiger partial charge in [-0.05, 0) is 12.1 Å². The maximum atomic E-state index is 12.1. The second kappa shape index (κ2) is 6.97. The molecule has 1 aliphatic heterocycles. The van der Waals surface area contributed by atoms with E-state index in [9.17, 15) is 9.59 Å². The molecule has 21 heavy (non-hydrogen) atoms. The zero-order valence-electron chi connectivity index (χ0n) is 12.5. The standard InChI is InChI=1S/C15H21N3O3/c1-12(19)17-6-8-18(9-7-17)15(20)11-16-13-4-3-5-14(10-13)21-2/h3-5,10,16H,6-9,11H2,1-2H3. The van der Waals surface area contributed by atoms with Crippen LogP contribution in [0.3, 0.4) is 0 Å². The summed E-state index contributed by atoms with van der Waals surface area (Å²) in [5, 5.41) is 3.10. The van der Waals surface area contributed by atoms with Gasteiger partial charge in [0.2, 0.25) is 11.8 Å². The maximum Gasteiger partial charge on any atom is 0.241 e. The van der Waals surface area contributed by atoms with Crippen LogP contribution in [-0.2, 0) is 9.59 Å². The van der Waals surface area contributed by atoms with Gasteiger partial charge >= 0.3 is 0 Å². The zero-order chi connectivity index (χ0) is 15.2. The van der Waals surface area contributed by atoms with E-state index in [1.54, 1.807) is 23.8 Å². The van der Waals surface area contributed by atoms with Gasteiger partial charge in [-0.15, -0.1) is 0 Å². The molecule has 1 fully saturated rings. The van der Waals surface area contributed by atoms with Crippen LogP contribution in [0, 0.1) is 0 Å². The molecule has 0 spiro atoms. The van der Waals surface area contributed by atoms with E-state index < -0.39 is 0 Å². The summed E-state index contributed by atoms with van der Waals surface area (Å²) in [6.45, 7) is 4.21. The van der Waals surface area contributed by atoms with Crippen molar-refractivity contribution < 1.29 is 14.3 Å². The molecule has 1 aromatic rings. The molecule has 1 aromatic carbocycles. The van der Waals surface area contributed by atoms with Crippen molar-refractivity contribution in [1.29, 1.82) is 0 Å². The van der Waals surface area contributed by atoms with Gasteiger partial charge in [-0.2, -0.15) is 0 Å². The monoisotopic (exact) mass is 291 g/mol. The second-order valence-corrected chi connectivity index (χ2v) is 4.97. The lowest BCUT2D eigenvalue weighted by Gasteiger charge is -2.34. The first-order valence-corrected chi connectivity index (χ1v) is 7.01. The number of methoxy groups -OCH3 is 1. The summed E-state index contributed by atoms with van der Waals surface area (Å²) in [7, 11) is 1.61. The number of piperazine rings is 1. The molecule has 0 bridgehead atoms. The number of nitrogens with zero attached hydrogens (tertiary/aromatic N) is 2. The van der Waals surface area contributed by atoms with Crippen molar-refractivity contribution in [3.8, 4) is 5.75 Å². The summed E-state index contributed by atoms with van der Waals surface area (Å²) >= 11 is 0. The van der Waals surface area contributed by atoms with Gasteiger partial charge in [0, 0.05) is 44.9 Å². The van der Waals surface area contributed by atoms with E-state index in [1.165, 1.54) is 0 Å². The van der Waals surface area contributed by atoms with E-state index in [0.717, 1.165) is 11.4 Å². The Balaban J connectivity index is 1.81. The van der Waals surface area contributed by atoms with Crippen LogP contribution in [0.15, 0.2) is 24.3 Å². The first-order chi connectivity index (χ1) is 10.1. The molecule has 6 nitrogen and oxygen atoms in total. The number of anilines is 1. The molecule has 6 heteroatoms. The molecule has 2 rings (SSSR count). The van der Waals surface area contributed by atoms with Crippen LogP contribution in [0.2, 0.25) is 0 Å². The molecule has 0 radical (unpaired) electrons. The molecule has 0 unspecified atom stereocenters. The summed E-state index contributed by atoms with van der Waals surface area (Å²) in [5.41, 5.74) is 0.852. The Kier molecular flexibility index (Phi) is 5.03. The van der Waals surface area contributed by atoms with Crippen molar-refractivity contribution in [1.82, 2.24) is 9.80 Å². The summed E-state index contributed by atoms with van der Waals surface area (Å²) < 4.78 is 5.14. The van der Waals surface area contributed by atoms with Crippen LogP contribution in [0.5, 0.6) is 5.75 Å². The SMILES string of the molecule is COc1cccc(NCC(=O)N2CCN(C(C)=O)CC2)c1. The van der Waals surface area contributed by atoms with Crippen LogP contribution in [0.4, 0.5) is 5.69 Å². The molecule has 2 amide bonds. The predicted molar refractivity (Wildman–Crippen MR) is 80.3 cm³/mol. The number of rotatable bonds is 4. The first-order valence-electron chi connectivity index (χ1n) is 7.01. The molecule has 1 aliphatic rings. The number of carbonyl (C=O) groups excluding carboxylic acids is 2. The van der Waals surface area contributed by atoms with Gasteiger partial charge in [0.05, 0.1) is 13.7 Å². The van der Waals surface area contributed by atoms with Gasteiger partial charge in [0.1, 0.15) is 5.75 Å². The lowest BCUT2D eigenvalue weighted by atomic mass is 10.3.